The highest BCUT2D eigenvalue weighted by molar-refractivity contribution is 5.20. The van der Waals surface area contributed by atoms with E-state index < -0.39 is 23.7 Å². The average Bonchev–Trinajstić information content (AvgIpc) is 2.67. The van der Waals surface area contributed by atoms with E-state index >= 15 is 0 Å². The molecule has 3 rings (SSSR count). The lowest BCUT2D eigenvalue weighted by Crippen LogP contribution is -2.34. The molecule has 0 bridgehead atoms. The first kappa shape index (κ1) is 19.7. The van der Waals surface area contributed by atoms with Gasteiger partial charge in [-0.15, -0.1) is 0 Å². The van der Waals surface area contributed by atoms with Gasteiger partial charge in [-0.2, -0.15) is 0 Å². The number of rotatable bonds is 6. The normalized spacial score (nSPS) is 29.7. The third kappa shape index (κ3) is 4.80. The second-order valence-corrected chi connectivity index (χ2v) is 7.83. The van der Waals surface area contributed by atoms with Crippen LogP contribution in [-0.2, 0) is 9.47 Å². The third-order valence-corrected chi connectivity index (χ3v) is 5.98. The molecule has 0 spiro atoms. The van der Waals surface area contributed by atoms with Crippen LogP contribution in [0.5, 0.6) is 0 Å². The van der Waals surface area contributed by atoms with E-state index in [2.05, 4.69) is 6.92 Å². The van der Waals surface area contributed by atoms with Crippen LogP contribution >= 0.6 is 0 Å². The molecule has 0 radical (unpaired) electrons. The number of unbranched alkanes of at least 4 members (excludes halogenated alkanes) is 2. The summed E-state index contributed by atoms with van der Waals surface area (Å²) >= 11 is 0. The Morgan fingerprint density at radius 3 is 2.08 bits per heavy atom. The zero-order chi connectivity index (χ0) is 18.5. The van der Waals surface area contributed by atoms with Crippen LogP contribution in [0.1, 0.15) is 70.1 Å². The Bertz CT molecular complexity index is 554. The van der Waals surface area contributed by atoms with E-state index in [0.29, 0.717) is 25.0 Å². The average molecular weight is 370 g/mol. The quantitative estimate of drug-likeness (QED) is 0.441. The Kier molecular flexibility index (Phi) is 6.98. The smallest absolute Gasteiger partial charge is 0.194 e. The topological polar surface area (TPSA) is 18.5 Å². The van der Waals surface area contributed by atoms with Crippen molar-refractivity contribution in [3.8, 4) is 0 Å². The Labute approximate surface area is 154 Å². The van der Waals surface area contributed by atoms with Crippen molar-refractivity contribution in [1.29, 1.82) is 0 Å². The highest BCUT2D eigenvalue weighted by Gasteiger charge is 2.32. The summed E-state index contributed by atoms with van der Waals surface area (Å²) in [5.74, 6) is -2.09. The summed E-state index contributed by atoms with van der Waals surface area (Å²) in [4.78, 5) is 0. The molecule has 5 heteroatoms. The third-order valence-electron chi connectivity index (χ3n) is 5.98. The number of hydrogen-bond acceptors (Lipinski definition) is 2. The Balaban J connectivity index is 1.46. The first-order chi connectivity index (χ1) is 12.6. The molecule has 146 valence electrons. The molecule has 2 aliphatic rings. The SMILES string of the molecule is CCCCCC1CCC(C2COC(c3cc(F)c(F)c(F)c3)OC2)CC1. The van der Waals surface area contributed by atoms with Crippen LogP contribution in [0.2, 0.25) is 0 Å². The van der Waals surface area contributed by atoms with Gasteiger partial charge in [0.2, 0.25) is 0 Å². The van der Waals surface area contributed by atoms with Crippen LogP contribution < -0.4 is 0 Å². The molecule has 1 aliphatic carbocycles. The lowest BCUT2D eigenvalue weighted by molar-refractivity contribution is -0.215. The molecule has 1 aromatic rings. The maximum absolute atomic E-state index is 13.4. The summed E-state index contributed by atoms with van der Waals surface area (Å²) in [6.45, 7) is 3.29. The number of ether oxygens (including phenoxy) is 2. The zero-order valence-corrected chi connectivity index (χ0v) is 15.5. The van der Waals surface area contributed by atoms with Gasteiger partial charge < -0.3 is 9.47 Å². The number of benzene rings is 1. The van der Waals surface area contributed by atoms with E-state index in [9.17, 15) is 13.2 Å². The van der Waals surface area contributed by atoms with Gasteiger partial charge in [0, 0.05) is 11.5 Å². The molecule has 0 amide bonds. The summed E-state index contributed by atoms with van der Waals surface area (Å²) in [7, 11) is 0. The highest BCUT2D eigenvalue weighted by Crippen LogP contribution is 2.39. The fourth-order valence-electron chi connectivity index (χ4n) is 4.33. The predicted molar refractivity (Wildman–Crippen MR) is 94.0 cm³/mol. The van der Waals surface area contributed by atoms with Gasteiger partial charge in [-0.1, -0.05) is 45.4 Å². The van der Waals surface area contributed by atoms with Crippen LogP contribution in [0.15, 0.2) is 12.1 Å². The van der Waals surface area contributed by atoms with Crippen LogP contribution in [0.3, 0.4) is 0 Å². The van der Waals surface area contributed by atoms with Gasteiger partial charge in [-0.25, -0.2) is 13.2 Å². The molecular formula is C21H29F3O2. The second-order valence-electron chi connectivity index (χ2n) is 7.83. The molecular weight excluding hydrogens is 341 g/mol. The minimum atomic E-state index is -1.46. The second kappa shape index (κ2) is 9.23. The van der Waals surface area contributed by atoms with Gasteiger partial charge in [0.25, 0.3) is 0 Å². The Hall–Kier alpha value is -1.07. The van der Waals surface area contributed by atoms with Gasteiger partial charge in [0.15, 0.2) is 23.7 Å². The summed E-state index contributed by atoms with van der Waals surface area (Å²) < 4.78 is 51.3. The largest absolute Gasteiger partial charge is 0.348 e. The van der Waals surface area contributed by atoms with Crippen LogP contribution in [0.4, 0.5) is 13.2 Å². The van der Waals surface area contributed by atoms with E-state index in [1.807, 2.05) is 0 Å². The Morgan fingerprint density at radius 2 is 1.50 bits per heavy atom. The highest BCUT2D eigenvalue weighted by atomic mass is 19.2. The summed E-state index contributed by atoms with van der Waals surface area (Å²) in [5, 5.41) is 0. The van der Waals surface area contributed by atoms with Crippen molar-refractivity contribution >= 4 is 0 Å². The van der Waals surface area contributed by atoms with E-state index in [1.165, 1.54) is 51.4 Å². The fourth-order valence-corrected chi connectivity index (χ4v) is 4.33. The van der Waals surface area contributed by atoms with Crippen molar-refractivity contribution in [2.45, 2.75) is 64.6 Å². The molecule has 0 aromatic heterocycles. The molecule has 1 aliphatic heterocycles. The van der Waals surface area contributed by atoms with Gasteiger partial charge in [0.05, 0.1) is 13.2 Å². The molecule has 1 heterocycles. The maximum atomic E-state index is 13.4. The van der Waals surface area contributed by atoms with Gasteiger partial charge in [-0.3, -0.25) is 0 Å². The predicted octanol–water partition coefficient (Wildman–Crippen LogP) is 6.15. The number of halogens is 3. The van der Waals surface area contributed by atoms with Crippen LogP contribution in [0.25, 0.3) is 0 Å². The molecule has 0 unspecified atom stereocenters. The minimum Gasteiger partial charge on any atom is -0.348 e. The van der Waals surface area contributed by atoms with Gasteiger partial charge in [-0.05, 0) is 36.8 Å². The summed E-state index contributed by atoms with van der Waals surface area (Å²) in [6.07, 6.45) is 9.45. The molecule has 2 fully saturated rings. The monoisotopic (exact) mass is 370 g/mol. The van der Waals surface area contributed by atoms with Crippen molar-refractivity contribution in [1.82, 2.24) is 0 Å². The number of hydrogen-bond donors (Lipinski definition) is 0. The molecule has 1 saturated heterocycles. The van der Waals surface area contributed by atoms with Crippen LogP contribution in [-0.4, -0.2) is 13.2 Å². The van der Waals surface area contributed by atoms with E-state index in [-0.39, 0.29) is 5.56 Å². The molecule has 1 saturated carbocycles. The van der Waals surface area contributed by atoms with Gasteiger partial charge in [0.1, 0.15) is 0 Å². The maximum Gasteiger partial charge on any atom is 0.194 e. The summed E-state index contributed by atoms with van der Waals surface area (Å²) in [5.41, 5.74) is 0.194. The lowest BCUT2D eigenvalue weighted by atomic mass is 9.74. The van der Waals surface area contributed by atoms with Crippen LogP contribution in [0, 0.1) is 35.2 Å². The van der Waals surface area contributed by atoms with Crippen molar-refractivity contribution < 1.29 is 22.6 Å². The van der Waals surface area contributed by atoms with Gasteiger partial charge >= 0.3 is 0 Å². The molecule has 0 N–H and O–H groups in total. The lowest BCUT2D eigenvalue weighted by Gasteiger charge is -2.38. The standard InChI is InChI=1S/C21H29F3O2/c1-2-3-4-5-14-6-8-15(9-7-14)17-12-25-21(26-13-17)16-10-18(22)20(24)19(23)11-16/h10-11,14-15,17,21H,2-9,12-13H2,1H3. The fraction of sp³-hybridized carbons (Fsp3) is 0.714. The Morgan fingerprint density at radius 1 is 0.885 bits per heavy atom. The minimum absolute atomic E-state index is 0.194. The first-order valence-electron chi connectivity index (χ1n) is 9.96. The zero-order valence-electron chi connectivity index (χ0n) is 15.5. The molecule has 26 heavy (non-hydrogen) atoms. The molecule has 0 atom stereocenters. The molecule has 1 aromatic carbocycles. The van der Waals surface area contributed by atoms with Crippen molar-refractivity contribution in [3.05, 3.63) is 35.1 Å². The van der Waals surface area contributed by atoms with E-state index in [0.717, 1.165) is 18.1 Å². The van der Waals surface area contributed by atoms with Crippen molar-refractivity contribution in [2.24, 2.45) is 17.8 Å². The summed E-state index contributed by atoms with van der Waals surface area (Å²) in [6, 6.07) is 1.90. The van der Waals surface area contributed by atoms with Crippen molar-refractivity contribution in [2.75, 3.05) is 13.2 Å². The first-order valence-corrected chi connectivity index (χ1v) is 9.96. The van der Waals surface area contributed by atoms with E-state index in [1.54, 1.807) is 0 Å². The molecule has 2 nitrogen and oxygen atoms in total. The van der Waals surface area contributed by atoms with Crippen molar-refractivity contribution in [3.63, 3.8) is 0 Å². The van der Waals surface area contributed by atoms with E-state index in [4.69, 9.17) is 9.47 Å².